The molecule has 0 amide bonds. The molecule has 1 aliphatic heterocycles. The number of likely N-dealkylation sites (tertiary alicyclic amines) is 1. The summed E-state index contributed by atoms with van der Waals surface area (Å²) in [5.41, 5.74) is 2.98. The highest BCUT2D eigenvalue weighted by Gasteiger charge is 2.41. The lowest BCUT2D eigenvalue weighted by atomic mass is 9.72. The van der Waals surface area contributed by atoms with Crippen molar-refractivity contribution in [1.82, 2.24) is 4.90 Å². The molecule has 0 spiro atoms. The van der Waals surface area contributed by atoms with Crippen molar-refractivity contribution < 1.29 is 5.11 Å². The smallest absolute Gasteiger partial charge is 0.0606 e. The predicted molar refractivity (Wildman–Crippen MR) is 71.6 cm³/mol. The molecule has 0 saturated carbocycles. The number of aliphatic hydroxyl groups excluding tert-OH is 1. The zero-order chi connectivity index (χ0) is 12.6. The molecule has 1 N–H and O–H groups in total. The molecule has 1 saturated heterocycles. The van der Waals surface area contributed by atoms with E-state index in [1.54, 1.807) is 0 Å². The van der Waals surface area contributed by atoms with Gasteiger partial charge in [0.25, 0.3) is 0 Å². The van der Waals surface area contributed by atoms with Gasteiger partial charge < -0.3 is 10.0 Å². The third kappa shape index (κ3) is 2.28. The zero-order valence-corrected chi connectivity index (χ0v) is 11.5. The number of aliphatic hydroxyl groups is 1. The summed E-state index contributed by atoms with van der Waals surface area (Å²) < 4.78 is 0. The summed E-state index contributed by atoms with van der Waals surface area (Å²) in [5, 5.41) is 9.29. The fourth-order valence-electron chi connectivity index (χ4n) is 3.56. The molecule has 0 radical (unpaired) electrons. The Morgan fingerprint density at radius 1 is 1.47 bits per heavy atom. The van der Waals surface area contributed by atoms with E-state index in [1.807, 2.05) is 0 Å². The summed E-state index contributed by atoms with van der Waals surface area (Å²) in [6.07, 6.45) is 7.04. The average Bonchev–Trinajstić information content (AvgIpc) is 2.23. The third-order valence-corrected chi connectivity index (χ3v) is 4.32. The number of fused-ring (bicyclic) bond motifs is 1. The molecule has 2 unspecified atom stereocenters. The van der Waals surface area contributed by atoms with Gasteiger partial charge in [0.15, 0.2) is 0 Å². The number of β-amino-alcohol motifs (C(OH)–C–C–N with tert-alkyl or cyclic N) is 1. The molecule has 0 aromatic rings. The lowest BCUT2D eigenvalue weighted by molar-refractivity contribution is 0.0453. The predicted octanol–water partition coefficient (Wildman–Crippen LogP) is 2.95. The minimum absolute atomic E-state index is 0.169. The molecule has 96 valence electrons. The minimum atomic E-state index is 0.169. The second-order valence-electron chi connectivity index (χ2n) is 6.23. The Morgan fingerprint density at radius 3 is 2.82 bits per heavy atom. The molecule has 1 aliphatic carbocycles. The van der Waals surface area contributed by atoms with Crippen molar-refractivity contribution >= 4 is 0 Å². The molecule has 2 atom stereocenters. The Labute approximate surface area is 105 Å². The van der Waals surface area contributed by atoms with E-state index in [9.17, 15) is 5.11 Å². The summed E-state index contributed by atoms with van der Waals surface area (Å²) >= 11 is 0. The van der Waals surface area contributed by atoms with Gasteiger partial charge in [-0.05, 0) is 45.6 Å². The van der Waals surface area contributed by atoms with E-state index in [-0.39, 0.29) is 12.1 Å². The van der Waals surface area contributed by atoms with E-state index in [0.717, 1.165) is 18.9 Å². The van der Waals surface area contributed by atoms with Crippen LogP contribution in [0.25, 0.3) is 0 Å². The van der Waals surface area contributed by atoms with Gasteiger partial charge in [0.1, 0.15) is 0 Å². The topological polar surface area (TPSA) is 23.5 Å². The first-order valence-electron chi connectivity index (χ1n) is 6.72. The lowest BCUT2D eigenvalue weighted by Gasteiger charge is -2.52. The van der Waals surface area contributed by atoms with E-state index in [2.05, 4.69) is 44.7 Å². The number of piperidine rings is 1. The fourth-order valence-corrected chi connectivity index (χ4v) is 3.56. The van der Waals surface area contributed by atoms with Gasteiger partial charge in [-0.25, -0.2) is 0 Å². The van der Waals surface area contributed by atoms with Crippen molar-refractivity contribution in [2.75, 3.05) is 13.2 Å². The zero-order valence-electron chi connectivity index (χ0n) is 11.5. The summed E-state index contributed by atoms with van der Waals surface area (Å²) in [6.45, 7) is 10.1. The summed E-state index contributed by atoms with van der Waals surface area (Å²) in [6, 6.07) is 0. The van der Waals surface area contributed by atoms with Crippen LogP contribution in [-0.2, 0) is 0 Å². The quantitative estimate of drug-likeness (QED) is 0.795. The maximum Gasteiger partial charge on any atom is 0.0606 e. The molecule has 0 bridgehead atoms. The molecule has 1 fully saturated rings. The maximum absolute atomic E-state index is 9.29. The van der Waals surface area contributed by atoms with Crippen LogP contribution in [0.15, 0.2) is 23.4 Å². The Balaban J connectivity index is 2.35. The lowest BCUT2D eigenvalue weighted by Crippen LogP contribution is -2.52. The van der Waals surface area contributed by atoms with Gasteiger partial charge in [-0.15, -0.1) is 0 Å². The van der Waals surface area contributed by atoms with Crippen LogP contribution >= 0.6 is 0 Å². The van der Waals surface area contributed by atoms with Crippen LogP contribution in [0.4, 0.5) is 0 Å². The van der Waals surface area contributed by atoms with Crippen molar-refractivity contribution in [2.24, 2.45) is 11.8 Å². The second-order valence-corrected chi connectivity index (χ2v) is 6.23. The number of rotatable bonds is 2. The van der Waals surface area contributed by atoms with E-state index in [1.165, 1.54) is 17.7 Å². The van der Waals surface area contributed by atoms with Crippen LogP contribution in [0.3, 0.4) is 0 Å². The highest BCUT2D eigenvalue weighted by molar-refractivity contribution is 5.30. The molecule has 0 aromatic heterocycles. The molecule has 17 heavy (non-hydrogen) atoms. The van der Waals surface area contributed by atoms with Gasteiger partial charge in [0.05, 0.1) is 6.61 Å². The number of allylic oxidation sites excluding steroid dienone is 4. The van der Waals surface area contributed by atoms with Gasteiger partial charge in [0.2, 0.25) is 0 Å². The van der Waals surface area contributed by atoms with Gasteiger partial charge in [0, 0.05) is 23.7 Å². The van der Waals surface area contributed by atoms with Crippen molar-refractivity contribution in [1.29, 1.82) is 0 Å². The van der Waals surface area contributed by atoms with Crippen LogP contribution < -0.4 is 0 Å². The normalized spacial score (nSPS) is 31.7. The second kappa shape index (κ2) is 4.49. The number of nitrogens with zero attached hydrogens (tertiary/aromatic N) is 1. The summed E-state index contributed by atoms with van der Waals surface area (Å²) in [4.78, 5) is 2.42. The fraction of sp³-hybridized carbons (Fsp3) is 0.733. The summed E-state index contributed by atoms with van der Waals surface area (Å²) in [7, 11) is 0. The highest BCUT2D eigenvalue weighted by atomic mass is 16.3. The Kier molecular flexibility index (Phi) is 3.35. The molecule has 2 rings (SSSR count). The first-order chi connectivity index (χ1) is 7.95. The molecule has 2 nitrogen and oxygen atoms in total. The molecular weight excluding hydrogens is 210 g/mol. The van der Waals surface area contributed by atoms with Crippen LogP contribution in [0.5, 0.6) is 0 Å². The SMILES string of the molecule is CC1=CCC2C(=C1)N(CCO)C(C)(C)CC2C. The van der Waals surface area contributed by atoms with Crippen molar-refractivity contribution in [3.63, 3.8) is 0 Å². The van der Waals surface area contributed by atoms with Gasteiger partial charge >= 0.3 is 0 Å². The number of hydrogen-bond donors (Lipinski definition) is 1. The molecular formula is C15H25NO. The van der Waals surface area contributed by atoms with E-state index < -0.39 is 0 Å². The minimum Gasteiger partial charge on any atom is -0.395 e. The van der Waals surface area contributed by atoms with E-state index in [4.69, 9.17) is 0 Å². The van der Waals surface area contributed by atoms with Crippen LogP contribution in [0.1, 0.15) is 40.5 Å². The van der Waals surface area contributed by atoms with Crippen molar-refractivity contribution in [3.8, 4) is 0 Å². The summed E-state index contributed by atoms with van der Waals surface area (Å²) in [5.74, 6) is 1.38. The van der Waals surface area contributed by atoms with Crippen molar-refractivity contribution in [2.45, 2.75) is 46.1 Å². The Hall–Kier alpha value is -0.760. The van der Waals surface area contributed by atoms with Gasteiger partial charge in [-0.1, -0.05) is 18.6 Å². The monoisotopic (exact) mass is 235 g/mol. The standard InChI is InChI=1S/C15H25NO/c1-11-5-6-13-12(2)10-15(3,4)16(7-8-17)14(13)9-11/h5,9,12-13,17H,6-8,10H2,1-4H3. The highest BCUT2D eigenvalue weighted by Crippen LogP contribution is 2.44. The Morgan fingerprint density at radius 2 is 2.18 bits per heavy atom. The maximum atomic E-state index is 9.29. The Bertz CT molecular complexity index is 354. The molecule has 2 heteroatoms. The van der Waals surface area contributed by atoms with E-state index in [0.29, 0.717) is 5.92 Å². The molecule has 2 aliphatic rings. The van der Waals surface area contributed by atoms with Crippen LogP contribution in [-0.4, -0.2) is 28.7 Å². The first-order valence-corrected chi connectivity index (χ1v) is 6.72. The van der Waals surface area contributed by atoms with Gasteiger partial charge in [-0.3, -0.25) is 0 Å². The third-order valence-electron chi connectivity index (χ3n) is 4.32. The molecule has 0 aromatic carbocycles. The van der Waals surface area contributed by atoms with Crippen LogP contribution in [0, 0.1) is 11.8 Å². The van der Waals surface area contributed by atoms with Crippen molar-refractivity contribution in [3.05, 3.63) is 23.4 Å². The van der Waals surface area contributed by atoms with Gasteiger partial charge in [-0.2, -0.15) is 0 Å². The van der Waals surface area contributed by atoms with Crippen LogP contribution in [0.2, 0.25) is 0 Å². The average molecular weight is 235 g/mol. The largest absolute Gasteiger partial charge is 0.395 e. The van der Waals surface area contributed by atoms with E-state index >= 15 is 0 Å². The number of hydrogen-bond acceptors (Lipinski definition) is 2. The molecule has 1 heterocycles. The first kappa shape index (κ1) is 12.7.